The van der Waals surface area contributed by atoms with E-state index in [1.165, 1.54) is 6.08 Å². The first-order valence-electron chi connectivity index (χ1n) is 10.4. The average molecular weight is 495 g/mol. The van der Waals surface area contributed by atoms with Gasteiger partial charge in [-0.2, -0.15) is 0 Å². The van der Waals surface area contributed by atoms with E-state index in [-0.39, 0.29) is 12.2 Å². The van der Waals surface area contributed by atoms with Crippen LogP contribution in [0.2, 0.25) is 10.0 Å². The van der Waals surface area contributed by atoms with Gasteiger partial charge in [-0.1, -0.05) is 53.5 Å². The van der Waals surface area contributed by atoms with Crippen molar-refractivity contribution in [2.45, 2.75) is 20.5 Å². The van der Waals surface area contributed by atoms with Gasteiger partial charge in [0.15, 0.2) is 0 Å². The highest BCUT2D eigenvalue weighted by molar-refractivity contribution is 6.42. The number of nitrogens with one attached hydrogen (secondary N) is 1. The van der Waals surface area contributed by atoms with Crippen molar-refractivity contribution in [1.82, 2.24) is 5.32 Å². The zero-order valence-electron chi connectivity index (χ0n) is 18.4. The van der Waals surface area contributed by atoms with E-state index in [2.05, 4.69) is 5.32 Å². The third-order valence-corrected chi connectivity index (χ3v) is 6.19. The van der Waals surface area contributed by atoms with E-state index in [1.807, 2.05) is 19.9 Å². The zero-order valence-corrected chi connectivity index (χ0v) is 19.9. The largest absolute Gasteiger partial charge is 0.488 e. The Bertz CT molecular complexity index is 1350. The highest BCUT2D eigenvalue weighted by atomic mass is 35.5. The third-order valence-electron chi connectivity index (χ3n) is 5.45. The molecule has 1 aliphatic heterocycles. The van der Waals surface area contributed by atoms with Crippen molar-refractivity contribution < 1.29 is 19.1 Å². The topological polar surface area (TPSA) is 75.7 Å². The molecule has 1 fully saturated rings. The molecule has 0 radical (unpaired) electrons. The maximum Gasteiger partial charge on any atom is 0.335 e. The van der Waals surface area contributed by atoms with Gasteiger partial charge in [-0.25, -0.2) is 9.69 Å². The van der Waals surface area contributed by atoms with Crippen molar-refractivity contribution in [3.63, 3.8) is 0 Å². The normalized spacial score (nSPS) is 15.0. The van der Waals surface area contributed by atoms with E-state index in [0.29, 0.717) is 27.0 Å². The molecule has 0 aliphatic carbocycles. The van der Waals surface area contributed by atoms with Crippen LogP contribution in [0.1, 0.15) is 22.3 Å². The molecule has 0 unspecified atom stereocenters. The van der Waals surface area contributed by atoms with Crippen LogP contribution in [0.3, 0.4) is 0 Å². The molecule has 34 heavy (non-hydrogen) atoms. The molecule has 1 heterocycles. The summed E-state index contributed by atoms with van der Waals surface area (Å²) in [5.41, 5.74) is 3.46. The number of urea groups is 1. The molecular weight excluding hydrogens is 475 g/mol. The molecule has 3 aromatic rings. The summed E-state index contributed by atoms with van der Waals surface area (Å²) in [6.07, 6.45) is 1.42. The molecule has 8 heteroatoms. The number of ether oxygens (including phenoxy) is 1. The Morgan fingerprint density at radius 2 is 1.68 bits per heavy atom. The second kappa shape index (κ2) is 9.71. The molecular formula is C26H20Cl2N2O4. The van der Waals surface area contributed by atoms with Gasteiger partial charge in [0.1, 0.15) is 17.9 Å². The highest BCUT2D eigenvalue weighted by Gasteiger charge is 2.37. The van der Waals surface area contributed by atoms with Crippen molar-refractivity contribution >= 4 is 52.8 Å². The Morgan fingerprint density at radius 3 is 2.41 bits per heavy atom. The first kappa shape index (κ1) is 23.5. The van der Waals surface area contributed by atoms with Crippen LogP contribution in [0, 0.1) is 13.8 Å². The average Bonchev–Trinajstić information content (AvgIpc) is 2.80. The summed E-state index contributed by atoms with van der Waals surface area (Å²) in [6, 6.07) is 16.6. The third kappa shape index (κ3) is 4.83. The highest BCUT2D eigenvalue weighted by Crippen LogP contribution is 2.28. The van der Waals surface area contributed by atoms with Gasteiger partial charge in [0.25, 0.3) is 11.8 Å². The molecule has 1 aliphatic rings. The molecule has 172 valence electrons. The van der Waals surface area contributed by atoms with Crippen molar-refractivity contribution in [3.05, 3.63) is 98.5 Å². The van der Waals surface area contributed by atoms with Gasteiger partial charge in [0.2, 0.25) is 0 Å². The number of hydrogen-bond donors (Lipinski definition) is 1. The fourth-order valence-electron chi connectivity index (χ4n) is 3.43. The van der Waals surface area contributed by atoms with Crippen LogP contribution >= 0.6 is 23.2 Å². The molecule has 1 saturated heterocycles. The van der Waals surface area contributed by atoms with Crippen molar-refractivity contribution in [1.29, 1.82) is 0 Å². The smallest absolute Gasteiger partial charge is 0.335 e. The number of aryl methyl sites for hydroxylation is 2. The minimum atomic E-state index is -0.792. The molecule has 4 rings (SSSR count). The second-order valence-corrected chi connectivity index (χ2v) is 8.62. The summed E-state index contributed by atoms with van der Waals surface area (Å²) in [5.74, 6) is -1.03. The van der Waals surface area contributed by atoms with Crippen LogP contribution in [0.4, 0.5) is 10.5 Å². The number of nitrogens with zero attached hydrogens (tertiary/aromatic N) is 1. The summed E-state index contributed by atoms with van der Waals surface area (Å²) >= 11 is 12.0. The number of benzene rings is 3. The first-order chi connectivity index (χ1) is 16.2. The van der Waals surface area contributed by atoms with Crippen LogP contribution in [0.5, 0.6) is 5.75 Å². The van der Waals surface area contributed by atoms with Gasteiger partial charge >= 0.3 is 6.03 Å². The molecule has 1 N–H and O–H groups in total. The van der Waals surface area contributed by atoms with Crippen LogP contribution in [0.15, 0.2) is 66.2 Å². The Morgan fingerprint density at radius 1 is 0.912 bits per heavy atom. The lowest BCUT2D eigenvalue weighted by molar-refractivity contribution is -0.122. The number of hydrogen-bond acceptors (Lipinski definition) is 4. The van der Waals surface area contributed by atoms with Crippen LogP contribution < -0.4 is 15.0 Å². The van der Waals surface area contributed by atoms with Crippen molar-refractivity contribution in [2.24, 2.45) is 0 Å². The number of barbiturate groups is 1. The summed E-state index contributed by atoms with van der Waals surface area (Å²) in [6.45, 7) is 4.01. The number of halogens is 2. The van der Waals surface area contributed by atoms with E-state index >= 15 is 0 Å². The van der Waals surface area contributed by atoms with Gasteiger partial charge in [-0.05, 0) is 66.9 Å². The van der Waals surface area contributed by atoms with Gasteiger partial charge in [0.05, 0.1) is 15.7 Å². The quantitative estimate of drug-likeness (QED) is 0.356. The Hall–Kier alpha value is -3.61. The maximum atomic E-state index is 13.2. The number of rotatable bonds is 5. The predicted octanol–water partition coefficient (Wildman–Crippen LogP) is 5.86. The SMILES string of the molecule is Cc1ccc(N2C(=O)NC(=O)/C(=C\c3ccccc3OCc3ccc(Cl)c(Cl)c3)C2=O)cc1C. The molecule has 4 amide bonds. The van der Waals surface area contributed by atoms with Crippen LogP contribution in [-0.2, 0) is 16.2 Å². The van der Waals surface area contributed by atoms with E-state index < -0.39 is 17.8 Å². The molecule has 0 spiro atoms. The minimum Gasteiger partial charge on any atom is -0.488 e. The minimum absolute atomic E-state index is 0.177. The number of imide groups is 2. The van der Waals surface area contributed by atoms with E-state index in [9.17, 15) is 14.4 Å². The monoisotopic (exact) mass is 494 g/mol. The zero-order chi connectivity index (χ0) is 24.4. The Kier molecular flexibility index (Phi) is 6.72. The van der Waals surface area contributed by atoms with E-state index in [0.717, 1.165) is 21.6 Å². The van der Waals surface area contributed by atoms with Crippen molar-refractivity contribution in [3.8, 4) is 5.75 Å². The molecule has 0 atom stereocenters. The number of carbonyl (C=O) groups is 3. The number of amides is 4. The van der Waals surface area contributed by atoms with Gasteiger partial charge in [-0.15, -0.1) is 0 Å². The van der Waals surface area contributed by atoms with Gasteiger partial charge in [-0.3, -0.25) is 14.9 Å². The fraction of sp³-hybridized carbons (Fsp3) is 0.115. The van der Waals surface area contributed by atoms with E-state index in [1.54, 1.807) is 54.6 Å². The Balaban J connectivity index is 1.64. The lowest BCUT2D eigenvalue weighted by Gasteiger charge is -2.27. The summed E-state index contributed by atoms with van der Waals surface area (Å²) in [4.78, 5) is 39.2. The van der Waals surface area contributed by atoms with Gasteiger partial charge < -0.3 is 4.74 Å². The summed E-state index contributed by atoms with van der Waals surface area (Å²) in [5, 5.41) is 3.10. The molecule has 0 bridgehead atoms. The van der Waals surface area contributed by atoms with Crippen molar-refractivity contribution in [2.75, 3.05) is 4.90 Å². The molecule has 3 aromatic carbocycles. The lowest BCUT2D eigenvalue weighted by atomic mass is 10.0. The molecule has 6 nitrogen and oxygen atoms in total. The molecule has 0 aromatic heterocycles. The summed E-state index contributed by atoms with van der Waals surface area (Å²) in [7, 11) is 0. The lowest BCUT2D eigenvalue weighted by Crippen LogP contribution is -2.54. The first-order valence-corrected chi connectivity index (χ1v) is 11.1. The Labute approximate surface area is 206 Å². The van der Waals surface area contributed by atoms with Gasteiger partial charge in [0, 0.05) is 5.56 Å². The van der Waals surface area contributed by atoms with E-state index in [4.69, 9.17) is 27.9 Å². The number of para-hydroxylation sites is 1. The second-order valence-electron chi connectivity index (χ2n) is 7.80. The number of anilines is 1. The fourth-order valence-corrected chi connectivity index (χ4v) is 3.75. The molecule has 0 saturated carbocycles. The van der Waals surface area contributed by atoms with Crippen LogP contribution in [-0.4, -0.2) is 17.8 Å². The predicted molar refractivity (Wildman–Crippen MR) is 132 cm³/mol. The van der Waals surface area contributed by atoms with Crippen LogP contribution in [0.25, 0.3) is 6.08 Å². The summed E-state index contributed by atoms with van der Waals surface area (Å²) < 4.78 is 5.92. The standard InChI is InChI=1S/C26H20Cl2N2O4/c1-15-7-9-19(11-16(15)2)30-25(32)20(24(31)29-26(30)33)13-18-5-3-4-6-23(18)34-14-17-8-10-21(27)22(28)12-17/h3-13H,14H2,1-2H3,(H,29,31,33)/b20-13+. The maximum absolute atomic E-state index is 13.2. The number of carbonyl (C=O) groups excluding carboxylic acids is 3.